The van der Waals surface area contributed by atoms with Crippen LogP contribution in [0.5, 0.6) is 0 Å². The second kappa shape index (κ2) is 6.18. The average Bonchev–Trinajstić information content (AvgIpc) is 2.87. The second-order valence-electron chi connectivity index (χ2n) is 5.65. The molecule has 1 aliphatic heterocycles. The van der Waals surface area contributed by atoms with Crippen molar-refractivity contribution in [3.63, 3.8) is 0 Å². The van der Waals surface area contributed by atoms with Crippen molar-refractivity contribution >= 4 is 11.6 Å². The third-order valence-electron chi connectivity index (χ3n) is 4.06. The zero-order valence-electron chi connectivity index (χ0n) is 12.4. The van der Waals surface area contributed by atoms with Gasteiger partial charge < -0.3 is 9.30 Å². The van der Waals surface area contributed by atoms with Crippen molar-refractivity contribution in [1.82, 2.24) is 14.5 Å². The summed E-state index contributed by atoms with van der Waals surface area (Å²) in [4.78, 5) is 6.63. The van der Waals surface area contributed by atoms with Crippen LogP contribution in [-0.4, -0.2) is 33.6 Å². The molecule has 1 saturated heterocycles. The van der Waals surface area contributed by atoms with Crippen LogP contribution in [-0.2, 0) is 18.3 Å². The van der Waals surface area contributed by atoms with Crippen molar-refractivity contribution in [2.45, 2.75) is 25.6 Å². The Bertz CT molecular complexity index is 613. The summed E-state index contributed by atoms with van der Waals surface area (Å²) in [6.07, 6.45) is 3.85. The van der Waals surface area contributed by atoms with Gasteiger partial charge in [0.15, 0.2) is 0 Å². The summed E-state index contributed by atoms with van der Waals surface area (Å²) < 4.78 is 8.05. The van der Waals surface area contributed by atoms with Crippen molar-refractivity contribution in [3.05, 3.63) is 53.1 Å². The minimum atomic E-state index is 0.0770. The molecule has 1 fully saturated rings. The molecule has 0 saturated carbocycles. The first kappa shape index (κ1) is 14.6. The minimum Gasteiger partial charge on any atom is -0.371 e. The number of nitrogens with zero attached hydrogens (tertiary/aromatic N) is 3. The highest BCUT2D eigenvalue weighted by Gasteiger charge is 2.27. The molecule has 1 aromatic heterocycles. The lowest BCUT2D eigenvalue weighted by Crippen LogP contribution is -2.44. The van der Waals surface area contributed by atoms with E-state index in [-0.39, 0.29) is 6.10 Å². The smallest absolute Gasteiger partial charge is 0.0953 e. The molecule has 0 bridgehead atoms. The Morgan fingerprint density at radius 3 is 3.00 bits per heavy atom. The van der Waals surface area contributed by atoms with Crippen molar-refractivity contribution in [1.29, 1.82) is 0 Å². The van der Waals surface area contributed by atoms with Crippen molar-refractivity contribution in [2.24, 2.45) is 7.05 Å². The second-order valence-corrected chi connectivity index (χ2v) is 6.09. The molecule has 21 heavy (non-hydrogen) atoms. The topological polar surface area (TPSA) is 30.3 Å². The number of imidazole rings is 1. The molecule has 1 aliphatic rings. The Hall–Kier alpha value is -1.36. The van der Waals surface area contributed by atoms with Gasteiger partial charge in [0.2, 0.25) is 0 Å². The molecule has 0 unspecified atom stereocenters. The van der Waals surface area contributed by atoms with Gasteiger partial charge in [-0.05, 0) is 24.6 Å². The largest absolute Gasteiger partial charge is 0.371 e. The van der Waals surface area contributed by atoms with Crippen LogP contribution in [0.1, 0.15) is 24.3 Å². The maximum Gasteiger partial charge on any atom is 0.0953 e. The Labute approximate surface area is 130 Å². The highest BCUT2D eigenvalue weighted by atomic mass is 35.5. The van der Waals surface area contributed by atoms with E-state index in [2.05, 4.69) is 27.4 Å². The lowest BCUT2D eigenvalue weighted by molar-refractivity contribution is -0.0639. The van der Waals surface area contributed by atoms with E-state index < -0.39 is 0 Å². The molecule has 0 amide bonds. The first-order valence-electron chi connectivity index (χ1n) is 7.20. The van der Waals surface area contributed by atoms with Gasteiger partial charge in [-0.2, -0.15) is 0 Å². The molecule has 2 aromatic rings. The van der Waals surface area contributed by atoms with E-state index in [4.69, 9.17) is 16.3 Å². The first-order valence-corrected chi connectivity index (χ1v) is 7.57. The Kier molecular flexibility index (Phi) is 4.29. The molecule has 2 atom stereocenters. The van der Waals surface area contributed by atoms with Crippen LogP contribution in [0.2, 0.25) is 5.02 Å². The fraction of sp³-hybridized carbons (Fsp3) is 0.438. The summed E-state index contributed by atoms with van der Waals surface area (Å²) in [7, 11) is 2.03. The number of ether oxygens (including phenoxy) is 1. The molecule has 0 radical (unpaired) electrons. The summed E-state index contributed by atoms with van der Waals surface area (Å²) in [5.41, 5.74) is 2.36. The third kappa shape index (κ3) is 3.28. The SMILES string of the molecule is C[C@@H]1CO[C@@H](c2cccc(Cl)c2)CN1Cc1cncn1C. The van der Waals surface area contributed by atoms with Gasteiger partial charge in [0.1, 0.15) is 0 Å². The standard InChI is InChI=1S/C16H20ClN3O/c1-12-10-21-16(13-4-3-5-14(17)6-13)9-20(12)8-15-7-18-11-19(15)2/h3-7,11-12,16H,8-10H2,1-2H3/t12-,16-/m1/s1. The number of hydrogen-bond donors (Lipinski definition) is 0. The van der Waals surface area contributed by atoms with Gasteiger partial charge in [-0.25, -0.2) is 4.98 Å². The fourth-order valence-electron chi connectivity index (χ4n) is 2.68. The molecule has 3 rings (SSSR count). The van der Waals surface area contributed by atoms with Crippen LogP contribution in [0.25, 0.3) is 0 Å². The maximum atomic E-state index is 6.08. The molecule has 4 nitrogen and oxygen atoms in total. The quantitative estimate of drug-likeness (QED) is 0.873. The van der Waals surface area contributed by atoms with Crippen molar-refractivity contribution < 1.29 is 4.74 Å². The van der Waals surface area contributed by atoms with Gasteiger partial charge in [0, 0.05) is 37.4 Å². The van der Waals surface area contributed by atoms with E-state index in [9.17, 15) is 0 Å². The molecular formula is C16H20ClN3O. The number of benzene rings is 1. The van der Waals surface area contributed by atoms with E-state index in [0.29, 0.717) is 6.04 Å². The lowest BCUT2D eigenvalue weighted by atomic mass is 10.1. The van der Waals surface area contributed by atoms with Crippen molar-refractivity contribution in [3.8, 4) is 0 Å². The summed E-state index contributed by atoms with van der Waals surface area (Å²) >= 11 is 6.08. The normalized spacial score (nSPS) is 23.4. The highest BCUT2D eigenvalue weighted by molar-refractivity contribution is 6.30. The molecule has 1 aromatic carbocycles. The monoisotopic (exact) mass is 305 g/mol. The van der Waals surface area contributed by atoms with Crippen LogP contribution in [0, 0.1) is 0 Å². The van der Waals surface area contributed by atoms with Crippen LogP contribution < -0.4 is 0 Å². The van der Waals surface area contributed by atoms with Gasteiger partial charge in [-0.15, -0.1) is 0 Å². The summed E-state index contributed by atoms with van der Waals surface area (Å²) in [6.45, 7) is 4.68. The predicted octanol–water partition coefficient (Wildman–Crippen LogP) is 3.04. The van der Waals surface area contributed by atoms with Gasteiger partial charge >= 0.3 is 0 Å². The van der Waals surface area contributed by atoms with E-state index >= 15 is 0 Å². The first-order chi connectivity index (χ1) is 10.1. The summed E-state index contributed by atoms with van der Waals surface area (Å²) in [5.74, 6) is 0. The third-order valence-corrected chi connectivity index (χ3v) is 4.30. The van der Waals surface area contributed by atoms with E-state index in [1.807, 2.05) is 37.8 Å². The van der Waals surface area contributed by atoms with Crippen LogP contribution in [0.15, 0.2) is 36.8 Å². The number of rotatable bonds is 3. The molecule has 0 aliphatic carbocycles. The minimum absolute atomic E-state index is 0.0770. The van der Waals surface area contributed by atoms with Crippen LogP contribution >= 0.6 is 11.6 Å². The number of aryl methyl sites for hydroxylation is 1. The van der Waals surface area contributed by atoms with Gasteiger partial charge in [0.05, 0.1) is 24.7 Å². The predicted molar refractivity (Wildman–Crippen MR) is 83.2 cm³/mol. The number of morpholine rings is 1. The molecule has 0 N–H and O–H groups in total. The average molecular weight is 306 g/mol. The van der Waals surface area contributed by atoms with E-state index in [1.54, 1.807) is 0 Å². The highest BCUT2D eigenvalue weighted by Crippen LogP contribution is 2.27. The molecule has 112 valence electrons. The Balaban J connectivity index is 1.74. The summed E-state index contributed by atoms with van der Waals surface area (Å²) in [6, 6.07) is 8.34. The van der Waals surface area contributed by atoms with E-state index in [1.165, 1.54) is 5.69 Å². The lowest BCUT2D eigenvalue weighted by Gasteiger charge is -2.38. The van der Waals surface area contributed by atoms with Gasteiger partial charge in [-0.1, -0.05) is 23.7 Å². The zero-order chi connectivity index (χ0) is 14.8. The van der Waals surface area contributed by atoms with Crippen molar-refractivity contribution in [2.75, 3.05) is 13.2 Å². The van der Waals surface area contributed by atoms with Crippen LogP contribution in [0.3, 0.4) is 0 Å². The molecular weight excluding hydrogens is 286 g/mol. The number of halogens is 1. The van der Waals surface area contributed by atoms with Gasteiger partial charge in [-0.3, -0.25) is 4.90 Å². The van der Waals surface area contributed by atoms with Gasteiger partial charge in [0.25, 0.3) is 0 Å². The Morgan fingerprint density at radius 2 is 2.29 bits per heavy atom. The van der Waals surface area contributed by atoms with E-state index in [0.717, 1.165) is 30.3 Å². The van der Waals surface area contributed by atoms with Crippen LogP contribution in [0.4, 0.5) is 0 Å². The number of aromatic nitrogens is 2. The molecule has 2 heterocycles. The fourth-order valence-corrected chi connectivity index (χ4v) is 2.88. The maximum absolute atomic E-state index is 6.08. The Morgan fingerprint density at radius 1 is 1.43 bits per heavy atom. The zero-order valence-corrected chi connectivity index (χ0v) is 13.1. The number of hydrogen-bond acceptors (Lipinski definition) is 3. The molecule has 0 spiro atoms. The molecule has 5 heteroatoms. The summed E-state index contributed by atoms with van der Waals surface area (Å²) in [5, 5.41) is 0.757.